The molecule has 1 unspecified atom stereocenters. The summed E-state index contributed by atoms with van der Waals surface area (Å²) in [5, 5.41) is 9.76. The first-order chi connectivity index (χ1) is 9.11. The molecular weight excluding hydrogens is 244 g/mol. The third-order valence-corrected chi connectivity index (χ3v) is 2.38. The smallest absolute Gasteiger partial charge is 0.309 e. The van der Waals surface area contributed by atoms with Crippen LogP contribution in [0.5, 0.6) is 0 Å². The van der Waals surface area contributed by atoms with Crippen LogP contribution in [0.4, 0.5) is 0 Å². The van der Waals surface area contributed by atoms with Gasteiger partial charge in [0.25, 0.3) is 0 Å². The van der Waals surface area contributed by atoms with E-state index in [1.54, 1.807) is 6.92 Å². The molecule has 0 aliphatic heterocycles. The lowest BCUT2D eigenvalue weighted by molar-refractivity contribution is -0.144. The fourth-order valence-electron chi connectivity index (χ4n) is 1.30. The standard InChI is InChI=1S/C15H20O4/c1-3-11-19-15(18)12-14(17)13(2)9-7-5-4-6-8-10-16/h3,9-10,14,17H,1,4-5,7,11-12H2,2H3/b13-9+. The fourth-order valence-corrected chi connectivity index (χ4v) is 1.30. The number of allylic oxidation sites excluding steroid dienone is 1. The number of esters is 1. The third kappa shape index (κ3) is 9.81. The van der Waals surface area contributed by atoms with Crippen LogP contribution >= 0.6 is 0 Å². The van der Waals surface area contributed by atoms with Gasteiger partial charge in [-0.25, -0.2) is 0 Å². The maximum Gasteiger partial charge on any atom is 0.309 e. The summed E-state index contributed by atoms with van der Waals surface area (Å²) in [6.45, 7) is 5.36. The van der Waals surface area contributed by atoms with Gasteiger partial charge in [-0.05, 0) is 31.3 Å². The van der Waals surface area contributed by atoms with Crippen molar-refractivity contribution in [2.75, 3.05) is 6.61 Å². The molecule has 1 N–H and O–H groups in total. The highest BCUT2D eigenvalue weighted by molar-refractivity contribution is 5.72. The highest BCUT2D eigenvalue weighted by Gasteiger charge is 2.12. The van der Waals surface area contributed by atoms with Crippen LogP contribution in [0.15, 0.2) is 24.3 Å². The first-order valence-corrected chi connectivity index (χ1v) is 6.15. The van der Waals surface area contributed by atoms with Crippen LogP contribution in [0.3, 0.4) is 0 Å². The number of aliphatic hydroxyl groups is 1. The lowest BCUT2D eigenvalue weighted by atomic mass is 10.1. The van der Waals surface area contributed by atoms with Crippen LogP contribution in [0.2, 0.25) is 0 Å². The number of ether oxygens (including phenoxy) is 1. The molecule has 0 saturated carbocycles. The van der Waals surface area contributed by atoms with E-state index in [9.17, 15) is 14.7 Å². The Morgan fingerprint density at radius 1 is 1.53 bits per heavy atom. The van der Waals surface area contributed by atoms with Gasteiger partial charge in [-0.15, -0.1) is 0 Å². The summed E-state index contributed by atoms with van der Waals surface area (Å²) in [6.07, 6.45) is 5.24. The topological polar surface area (TPSA) is 63.6 Å². The van der Waals surface area contributed by atoms with Crippen molar-refractivity contribution in [2.45, 2.75) is 38.7 Å². The highest BCUT2D eigenvalue weighted by atomic mass is 16.5. The zero-order valence-corrected chi connectivity index (χ0v) is 11.2. The highest BCUT2D eigenvalue weighted by Crippen LogP contribution is 2.09. The second kappa shape index (κ2) is 11.2. The molecule has 104 valence electrons. The zero-order valence-electron chi connectivity index (χ0n) is 11.2. The van der Waals surface area contributed by atoms with E-state index in [0.717, 1.165) is 18.4 Å². The molecule has 0 rings (SSSR count). The number of aliphatic hydroxyl groups excluding tert-OH is 1. The van der Waals surface area contributed by atoms with Crippen LogP contribution in [0.1, 0.15) is 32.6 Å². The van der Waals surface area contributed by atoms with Gasteiger partial charge in [-0.2, -0.15) is 0 Å². The molecule has 0 spiro atoms. The Hall–Kier alpha value is -1.86. The van der Waals surface area contributed by atoms with Gasteiger partial charge >= 0.3 is 5.97 Å². The van der Waals surface area contributed by atoms with Crippen molar-refractivity contribution in [3.05, 3.63) is 24.3 Å². The monoisotopic (exact) mass is 264 g/mol. The van der Waals surface area contributed by atoms with Crippen LogP contribution in [0, 0.1) is 11.8 Å². The second-order valence-corrected chi connectivity index (χ2v) is 3.97. The molecule has 0 bridgehead atoms. The molecule has 0 heterocycles. The number of carbonyl (C=O) groups is 2. The van der Waals surface area contributed by atoms with Gasteiger partial charge in [0.05, 0.1) is 12.5 Å². The fraction of sp³-hybridized carbons (Fsp3) is 0.467. The number of unbranched alkanes of at least 4 members (excludes halogenated alkanes) is 2. The SMILES string of the molecule is C=CCOC(=O)CC(O)/C(C)=C/CCCC#CC=O. The molecule has 0 radical (unpaired) electrons. The Kier molecular flexibility index (Phi) is 10.1. The Morgan fingerprint density at radius 2 is 2.26 bits per heavy atom. The number of hydrogen-bond donors (Lipinski definition) is 1. The van der Waals surface area contributed by atoms with E-state index in [1.165, 1.54) is 6.08 Å². The molecule has 4 heteroatoms. The minimum absolute atomic E-state index is 0.0544. The largest absolute Gasteiger partial charge is 0.461 e. The normalized spacial score (nSPS) is 12.0. The number of aldehydes is 1. The van der Waals surface area contributed by atoms with E-state index >= 15 is 0 Å². The van der Waals surface area contributed by atoms with Gasteiger partial charge in [0.15, 0.2) is 6.29 Å². The third-order valence-electron chi connectivity index (χ3n) is 2.38. The molecule has 0 aliphatic rings. The van der Waals surface area contributed by atoms with Crippen LogP contribution in [-0.4, -0.2) is 30.1 Å². The van der Waals surface area contributed by atoms with Crippen molar-refractivity contribution in [1.29, 1.82) is 0 Å². The molecule has 0 saturated heterocycles. The Bertz CT molecular complexity index is 385. The molecule has 19 heavy (non-hydrogen) atoms. The van der Waals surface area contributed by atoms with Gasteiger partial charge in [0.1, 0.15) is 6.61 Å². The summed E-state index contributed by atoms with van der Waals surface area (Å²) < 4.78 is 4.79. The minimum Gasteiger partial charge on any atom is -0.461 e. The number of rotatable bonds is 8. The molecule has 0 aromatic rings. The van der Waals surface area contributed by atoms with Crippen molar-refractivity contribution in [1.82, 2.24) is 0 Å². The summed E-state index contributed by atoms with van der Waals surface area (Å²) in [7, 11) is 0. The summed E-state index contributed by atoms with van der Waals surface area (Å²) >= 11 is 0. The average molecular weight is 264 g/mol. The maximum absolute atomic E-state index is 11.3. The first-order valence-electron chi connectivity index (χ1n) is 6.15. The summed E-state index contributed by atoms with van der Waals surface area (Å²) in [5.41, 5.74) is 0.735. The summed E-state index contributed by atoms with van der Waals surface area (Å²) in [5.74, 6) is 4.59. The van der Waals surface area contributed by atoms with E-state index in [2.05, 4.69) is 18.4 Å². The lowest BCUT2D eigenvalue weighted by Crippen LogP contribution is -2.16. The van der Waals surface area contributed by atoms with Crippen LogP contribution in [0.25, 0.3) is 0 Å². The predicted octanol–water partition coefficient (Wildman–Crippen LogP) is 1.79. The summed E-state index contributed by atoms with van der Waals surface area (Å²) in [4.78, 5) is 21.2. The molecule has 1 atom stereocenters. The first kappa shape index (κ1) is 17.1. The van der Waals surface area contributed by atoms with E-state index in [0.29, 0.717) is 12.7 Å². The average Bonchev–Trinajstić information content (AvgIpc) is 2.40. The van der Waals surface area contributed by atoms with Gasteiger partial charge in [0, 0.05) is 6.42 Å². The van der Waals surface area contributed by atoms with Crippen molar-refractivity contribution in [3.63, 3.8) is 0 Å². The van der Waals surface area contributed by atoms with Gasteiger partial charge in [0.2, 0.25) is 0 Å². The van der Waals surface area contributed by atoms with Crippen molar-refractivity contribution < 1.29 is 19.4 Å². The van der Waals surface area contributed by atoms with Gasteiger partial charge in [-0.1, -0.05) is 24.7 Å². The molecule has 0 aliphatic carbocycles. The molecule has 0 fully saturated rings. The van der Waals surface area contributed by atoms with Crippen LogP contribution < -0.4 is 0 Å². The van der Waals surface area contributed by atoms with Gasteiger partial charge in [-0.3, -0.25) is 9.59 Å². The molecular formula is C15H20O4. The van der Waals surface area contributed by atoms with E-state index in [-0.39, 0.29) is 13.0 Å². The van der Waals surface area contributed by atoms with Crippen molar-refractivity contribution in [3.8, 4) is 11.8 Å². The second-order valence-electron chi connectivity index (χ2n) is 3.97. The molecule has 0 aromatic carbocycles. The molecule has 0 amide bonds. The van der Waals surface area contributed by atoms with E-state index in [1.807, 2.05) is 6.08 Å². The Morgan fingerprint density at radius 3 is 2.89 bits per heavy atom. The quantitative estimate of drug-likeness (QED) is 0.239. The molecule has 0 aromatic heterocycles. The van der Waals surface area contributed by atoms with E-state index < -0.39 is 12.1 Å². The van der Waals surface area contributed by atoms with Crippen LogP contribution in [-0.2, 0) is 14.3 Å². The maximum atomic E-state index is 11.3. The van der Waals surface area contributed by atoms with Crippen molar-refractivity contribution >= 4 is 12.3 Å². The van der Waals surface area contributed by atoms with Crippen molar-refractivity contribution in [2.24, 2.45) is 0 Å². The van der Waals surface area contributed by atoms with Gasteiger partial charge < -0.3 is 9.84 Å². The predicted molar refractivity (Wildman–Crippen MR) is 73.2 cm³/mol. The zero-order chi connectivity index (χ0) is 14.5. The Labute approximate surface area is 114 Å². The number of hydrogen-bond acceptors (Lipinski definition) is 4. The van der Waals surface area contributed by atoms with E-state index in [4.69, 9.17) is 4.74 Å². The summed E-state index contributed by atoms with van der Waals surface area (Å²) in [6, 6.07) is 0. The Balaban J connectivity index is 3.96. The minimum atomic E-state index is -0.821. The molecule has 4 nitrogen and oxygen atoms in total. The lowest BCUT2D eigenvalue weighted by Gasteiger charge is -2.10. The number of carbonyl (C=O) groups excluding carboxylic acids is 2.